The normalized spacial score (nSPS) is 15.1. The Labute approximate surface area is 86.8 Å². The molecule has 1 aromatic heterocycles. The lowest BCUT2D eigenvalue weighted by atomic mass is 10.1. The van der Waals surface area contributed by atoms with Crippen molar-refractivity contribution < 1.29 is 0 Å². The van der Waals surface area contributed by atoms with E-state index in [2.05, 4.69) is 43.2 Å². The molecule has 0 saturated heterocycles. The smallest absolute Gasteiger partial charge is 0.0293 e. The van der Waals surface area contributed by atoms with Crippen LogP contribution in [0.15, 0.2) is 24.5 Å². The number of nitrogens with zero attached hydrogens (tertiary/aromatic N) is 1. The van der Waals surface area contributed by atoms with Gasteiger partial charge in [-0.15, -0.1) is 0 Å². The second-order valence-electron chi connectivity index (χ2n) is 3.92. The molecule has 0 fully saturated rings. The predicted octanol–water partition coefficient (Wildman–Crippen LogP) is 2.78. The summed E-state index contributed by atoms with van der Waals surface area (Å²) in [5.41, 5.74) is 1.31. The third-order valence-electron chi connectivity index (χ3n) is 2.68. The SMILES string of the molecule is CC[C@H](C)CN[C@@H](C)c1ccncc1. The average molecular weight is 192 g/mol. The zero-order valence-corrected chi connectivity index (χ0v) is 9.33. The van der Waals surface area contributed by atoms with Gasteiger partial charge in [0.1, 0.15) is 0 Å². The van der Waals surface area contributed by atoms with Gasteiger partial charge in [-0.1, -0.05) is 20.3 Å². The first kappa shape index (κ1) is 11.2. The highest BCUT2D eigenvalue weighted by atomic mass is 14.9. The molecule has 2 heteroatoms. The Hall–Kier alpha value is -0.890. The summed E-state index contributed by atoms with van der Waals surface area (Å²) in [6.45, 7) is 7.77. The van der Waals surface area contributed by atoms with E-state index in [9.17, 15) is 0 Å². The molecule has 0 aromatic carbocycles. The number of rotatable bonds is 5. The van der Waals surface area contributed by atoms with Crippen molar-refractivity contribution in [3.05, 3.63) is 30.1 Å². The molecule has 0 amide bonds. The van der Waals surface area contributed by atoms with Crippen LogP contribution in [-0.4, -0.2) is 11.5 Å². The monoisotopic (exact) mass is 192 g/mol. The van der Waals surface area contributed by atoms with Gasteiger partial charge in [0.15, 0.2) is 0 Å². The van der Waals surface area contributed by atoms with Gasteiger partial charge in [0, 0.05) is 18.4 Å². The van der Waals surface area contributed by atoms with E-state index in [4.69, 9.17) is 0 Å². The van der Waals surface area contributed by atoms with E-state index < -0.39 is 0 Å². The molecule has 0 radical (unpaired) electrons. The first-order valence-corrected chi connectivity index (χ1v) is 5.37. The van der Waals surface area contributed by atoms with E-state index in [0.717, 1.165) is 12.5 Å². The van der Waals surface area contributed by atoms with Gasteiger partial charge in [-0.3, -0.25) is 4.98 Å². The number of pyridine rings is 1. The van der Waals surface area contributed by atoms with E-state index in [1.54, 1.807) is 0 Å². The lowest BCUT2D eigenvalue weighted by Crippen LogP contribution is -2.24. The highest BCUT2D eigenvalue weighted by Gasteiger charge is 2.05. The topological polar surface area (TPSA) is 24.9 Å². The maximum absolute atomic E-state index is 4.01. The van der Waals surface area contributed by atoms with Crippen LogP contribution in [-0.2, 0) is 0 Å². The van der Waals surface area contributed by atoms with E-state index in [1.807, 2.05) is 12.4 Å². The molecule has 1 aromatic rings. The van der Waals surface area contributed by atoms with E-state index in [1.165, 1.54) is 12.0 Å². The largest absolute Gasteiger partial charge is 0.310 e. The molecule has 1 heterocycles. The summed E-state index contributed by atoms with van der Waals surface area (Å²) in [7, 11) is 0. The van der Waals surface area contributed by atoms with Crippen molar-refractivity contribution in [1.82, 2.24) is 10.3 Å². The zero-order valence-electron chi connectivity index (χ0n) is 9.33. The highest BCUT2D eigenvalue weighted by Crippen LogP contribution is 2.11. The second kappa shape index (κ2) is 5.76. The Morgan fingerprint density at radius 3 is 2.50 bits per heavy atom. The summed E-state index contributed by atoms with van der Waals surface area (Å²) in [5.74, 6) is 0.749. The zero-order chi connectivity index (χ0) is 10.4. The molecule has 0 aliphatic rings. The summed E-state index contributed by atoms with van der Waals surface area (Å²) in [5, 5.41) is 3.52. The van der Waals surface area contributed by atoms with E-state index in [-0.39, 0.29) is 0 Å². The fourth-order valence-corrected chi connectivity index (χ4v) is 1.29. The van der Waals surface area contributed by atoms with Crippen LogP contribution in [0.5, 0.6) is 0 Å². The summed E-state index contributed by atoms with van der Waals surface area (Å²) < 4.78 is 0. The van der Waals surface area contributed by atoms with Gasteiger partial charge in [0.2, 0.25) is 0 Å². The lowest BCUT2D eigenvalue weighted by Gasteiger charge is -2.16. The molecule has 1 N–H and O–H groups in total. The van der Waals surface area contributed by atoms with Crippen LogP contribution in [0.2, 0.25) is 0 Å². The fraction of sp³-hybridized carbons (Fsp3) is 0.583. The Morgan fingerprint density at radius 2 is 1.93 bits per heavy atom. The quantitative estimate of drug-likeness (QED) is 0.776. The van der Waals surface area contributed by atoms with Crippen molar-refractivity contribution in [1.29, 1.82) is 0 Å². The molecule has 0 aliphatic carbocycles. The van der Waals surface area contributed by atoms with Gasteiger partial charge < -0.3 is 5.32 Å². The van der Waals surface area contributed by atoms with Gasteiger partial charge >= 0.3 is 0 Å². The predicted molar refractivity (Wildman–Crippen MR) is 60.1 cm³/mol. The molecular formula is C12H20N2. The maximum atomic E-state index is 4.01. The molecule has 0 bridgehead atoms. The second-order valence-corrected chi connectivity index (χ2v) is 3.92. The summed E-state index contributed by atoms with van der Waals surface area (Å²) >= 11 is 0. The van der Waals surface area contributed by atoms with Gasteiger partial charge in [0.05, 0.1) is 0 Å². The number of hydrogen-bond donors (Lipinski definition) is 1. The Morgan fingerprint density at radius 1 is 1.29 bits per heavy atom. The Bertz CT molecular complexity index is 246. The standard InChI is InChI=1S/C12H20N2/c1-4-10(2)9-14-11(3)12-5-7-13-8-6-12/h5-8,10-11,14H,4,9H2,1-3H3/t10-,11-/m0/s1. The number of aromatic nitrogens is 1. The molecule has 14 heavy (non-hydrogen) atoms. The first-order valence-electron chi connectivity index (χ1n) is 5.37. The van der Waals surface area contributed by atoms with Crippen molar-refractivity contribution >= 4 is 0 Å². The van der Waals surface area contributed by atoms with Crippen molar-refractivity contribution in [3.63, 3.8) is 0 Å². The summed E-state index contributed by atoms with van der Waals surface area (Å²) in [6, 6.07) is 4.55. The number of nitrogens with one attached hydrogen (secondary N) is 1. The number of hydrogen-bond acceptors (Lipinski definition) is 2. The fourth-order valence-electron chi connectivity index (χ4n) is 1.29. The summed E-state index contributed by atoms with van der Waals surface area (Å²) in [6.07, 6.45) is 4.92. The lowest BCUT2D eigenvalue weighted by molar-refractivity contribution is 0.461. The molecule has 0 aliphatic heterocycles. The molecule has 1 rings (SSSR count). The molecule has 2 nitrogen and oxygen atoms in total. The van der Waals surface area contributed by atoms with Crippen LogP contribution >= 0.6 is 0 Å². The van der Waals surface area contributed by atoms with Crippen LogP contribution in [0, 0.1) is 5.92 Å². The van der Waals surface area contributed by atoms with Crippen LogP contribution in [0.4, 0.5) is 0 Å². The van der Waals surface area contributed by atoms with Gasteiger partial charge in [0.25, 0.3) is 0 Å². The van der Waals surface area contributed by atoms with E-state index >= 15 is 0 Å². The summed E-state index contributed by atoms with van der Waals surface area (Å²) in [4.78, 5) is 4.01. The van der Waals surface area contributed by atoms with Crippen LogP contribution in [0.3, 0.4) is 0 Å². The first-order chi connectivity index (χ1) is 6.74. The third kappa shape index (κ3) is 3.46. The molecule has 2 atom stereocenters. The van der Waals surface area contributed by atoms with Gasteiger partial charge in [-0.05, 0) is 37.1 Å². The average Bonchev–Trinajstić information content (AvgIpc) is 2.26. The molecular weight excluding hydrogens is 172 g/mol. The van der Waals surface area contributed by atoms with Gasteiger partial charge in [-0.25, -0.2) is 0 Å². The molecule has 0 saturated carbocycles. The van der Waals surface area contributed by atoms with E-state index in [0.29, 0.717) is 6.04 Å². The maximum Gasteiger partial charge on any atom is 0.0293 e. The van der Waals surface area contributed by atoms with Crippen molar-refractivity contribution in [3.8, 4) is 0 Å². The van der Waals surface area contributed by atoms with Gasteiger partial charge in [-0.2, -0.15) is 0 Å². The minimum Gasteiger partial charge on any atom is -0.310 e. The van der Waals surface area contributed by atoms with Crippen LogP contribution in [0.1, 0.15) is 38.8 Å². The Balaban J connectivity index is 2.39. The Kier molecular flexibility index (Phi) is 4.60. The van der Waals surface area contributed by atoms with Crippen molar-refractivity contribution in [2.24, 2.45) is 5.92 Å². The van der Waals surface area contributed by atoms with Crippen LogP contribution < -0.4 is 5.32 Å². The van der Waals surface area contributed by atoms with Crippen molar-refractivity contribution in [2.45, 2.75) is 33.2 Å². The molecule has 0 unspecified atom stereocenters. The third-order valence-corrected chi connectivity index (χ3v) is 2.68. The van der Waals surface area contributed by atoms with Crippen molar-refractivity contribution in [2.75, 3.05) is 6.54 Å². The minimum atomic E-state index is 0.423. The highest BCUT2D eigenvalue weighted by molar-refractivity contribution is 5.13. The minimum absolute atomic E-state index is 0.423. The molecule has 0 spiro atoms. The van der Waals surface area contributed by atoms with Crippen LogP contribution in [0.25, 0.3) is 0 Å². The molecule has 78 valence electrons.